The van der Waals surface area contributed by atoms with E-state index in [9.17, 15) is 14.4 Å². The van der Waals surface area contributed by atoms with E-state index >= 15 is 0 Å². The Morgan fingerprint density at radius 1 is 1.12 bits per heavy atom. The van der Waals surface area contributed by atoms with E-state index in [2.05, 4.69) is 10.6 Å². The monoisotopic (exact) mass is 334 g/mol. The maximum atomic E-state index is 12.1. The fraction of sp³-hybridized carbons (Fsp3) is 0.500. The predicted octanol–water partition coefficient (Wildman–Crippen LogP) is 2.33. The van der Waals surface area contributed by atoms with Gasteiger partial charge >= 0.3 is 5.97 Å². The Morgan fingerprint density at radius 3 is 2.25 bits per heavy atom. The Kier molecular flexibility index (Phi) is 7.95. The summed E-state index contributed by atoms with van der Waals surface area (Å²) in [6.45, 7) is 6.23. The molecule has 6 heteroatoms. The van der Waals surface area contributed by atoms with E-state index in [1.807, 2.05) is 20.8 Å². The smallest absolute Gasteiger partial charge is 0.326 e. The molecular formula is C18H26N2O4. The van der Waals surface area contributed by atoms with E-state index in [-0.39, 0.29) is 5.91 Å². The van der Waals surface area contributed by atoms with E-state index in [1.54, 1.807) is 24.3 Å². The van der Waals surface area contributed by atoms with Crippen molar-refractivity contribution < 1.29 is 19.5 Å². The summed E-state index contributed by atoms with van der Waals surface area (Å²) in [5.41, 5.74) is 1.28. The van der Waals surface area contributed by atoms with Crippen molar-refractivity contribution >= 4 is 17.8 Å². The number of aliphatic carboxylic acids is 1. The molecule has 24 heavy (non-hydrogen) atoms. The predicted molar refractivity (Wildman–Crippen MR) is 91.5 cm³/mol. The molecule has 132 valence electrons. The lowest BCUT2D eigenvalue weighted by Crippen LogP contribution is -2.40. The van der Waals surface area contributed by atoms with Crippen LogP contribution in [-0.2, 0) is 16.1 Å². The average Bonchev–Trinajstić information content (AvgIpc) is 2.52. The molecule has 1 rings (SSSR count). The molecule has 0 bridgehead atoms. The molecule has 0 saturated heterocycles. The maximum absolute atomic E-state index is 12.1. The molecule has 0 fully saturated rings. The molecule has 2 amide bonds. The first-order valence-corrected chi connectivity index (χ1v) is 8.22. The number of hydrogen-bond acceptors (Lipinski definition) is 3. The Balaban J connectivity index is 2.58. The van der Waals surface area contributed by atoms with Crippen LogP contribution in [0.4, 0.5) is 0 Å². The van der Waals surface area contributed by atoms with Gasteiger partial charge in [-0.05, 0) is 30.0 Å². The summed E-state index contributed by atoms with van der Waals surface area (Å²) < 4.78 is 0. The van der Waals surface area contributed by atoms with Crippen LogP contribution in [0.3, 0.4) is 0 Å². The molecule has 0 spiro atoms. The van der Waals surface area contributed by atoms with Crippen molar-refractivity contribution in [3.05, 3.63) is 35.4 Å². The van der Waals surface area contributed by atoms with Gasteiger partial charge in [0.1, 0.15) is 6.04 Å². The van der Waals surface area contributed by atoms with Crippen molar-refractivity contribution in [1.29, 1.82) is 0 Å². The van der Waals surface area contributed by atoms with Gasteiger partial charge in [-0.3, -0.25) is 9.59 Å². The first-order chi connectivity index (χ1) is 11.3. The van der Waals surface area contributed by atoms with Crippen LogP contribution in [-0.4, -0.2) is 28.9 Å². The highest BCUT2D eigenvalue weighted by molar-refractivity contribution is 5.96. The van der Waals surface area contributed by atoms with Gasteiger partial charge in [0, 0.05) is 18.5 Å². The van der Waals surface area contributed by atoms with Crippen molar-refractivity contribution in [1.82, 2.24) is 10.6 Å². The Hall–Kier alpha value is -2.37. The third-order valence-electron chi connectivity index (χ3n) is 3.48. The van der Waals surface area contributed by atoms with Gasteiger partial charge in [0.05, 0.1) is 0 Å². The van der Waals surface area contributed by atoms with Crippen LogP contribution in [0, 0.1) is 5.92 Å². The number of benzene rings is 1. The lowest BCUT2D eigenvalue weighted by molar-refractivity contribution is -0.139. The van der Waals surface area contributed by atoms with Crippen molar-refractivity contribution in [2.24, 2.45) is 5.92 Å². The zero-order valence-corrected chi connectivity index (χ0v) is 14.5. The quantitative estimate of drug-likeness (QED) is 0.646. The summed E-state index contributed by atoms with van der Waals surface area (Å²) in [6, 6.07) is 5.88. The van der Waals surface area contributed by atoms with Gasteiger partial charge in [-0.1, -0.05) is 39.3 Å². The lowest BCUT2D eigenvalue weighted by atomic mass is 10.1. The minimum absolute atomic E-state index is 0.00400. The first-order valence-electron chi connectivity index (χ1n) is 8.22. The summed E-state index contributed by atoms with van der Waals surface area (Å²) in [4.78, 5) is 34.8. The highest BCUT2D eigenvalue weighted by atomic mass is 16.4. The summed E-state index contributed by atoms with van der Waals surface area (Å²) in [6.07, 6.45) is 1.54. The number of hydrogen-bond donors (Lipinski definition) is 3. The first kappa shape index (κ1) is 19.7. The van der Waals surface area contributed by atoms with Gasteiger partial charge < -0.3 is 15.7 Å². The number of carbonyl (C=O) groups excluding carboxylic acids is 2. The minimum Gasteiger partial charge on any atom is -0.480 e. The molecule has 1 unspecified atom stereocenters. The van der Waals surface area contributed by atoms with Crippen LogP contribution >= 0.6 is 0 Å². The standard InChI is InChI=1S/C18H26N2O4/c1-4-5-15(18(23)24)20-17(22)14-8-6-13(7-9-14)11-19-16(21)10-12(2)3/h6-9,12,15H,4-5,10-11H2,1-3H3,(H,19,21)(H,20,22)(H,23,24). The highest BCUT2D eigenvalue weighted by Crippen LogP contribution is 2.07. The van der Waals surface area contributed by atoms with Crippen LogP contribution in [0.1, 0.15) is 56.0 Å². The maximum Gasteiger partial charge on any atom is 0.326 e. The number of nitrogens with one attached hydrogen (secondary N) is 2. The summed E-state index contributed by atoms with van der Waals surface area (Å²) in [7, 11) is 0. The van der Waals surface area contributed by atoms with E-state index in [0.29, 0.717) is 37.3 Å². The van der Waals surface area contributed by atoms with E-state index in [0.717, 1.165) is 5.56 Å². The second kappa shape index (κ2) is 9.70. The number of carboxylic acids is 1. The number of amides is 2. The third kappa shape index (κ3) is 6.81. The van der Waals surface area contributed by atoms with Gasteiger partial charge in [0.15, 0.2) is 0 Å². The van der Waals surface area contributed by atoms with Crippen LogP contribution in [0.25, 0.3) is 0 Å². The average molecular weight is 334 g/mol. The molecule has 1 aromatic rings. The van der Waals surface area contributed by atoms with E-state index in [1.165, 1.54) is 0 Å². The minimum atomic E-state index is -1.03. The van der Waals surface area contributed by atoms with Crippen molar-refractivity contribution in [3.63, 3.8) is 0 Å². The normalized spacial score (nSPS) is 11.8. The van der Waals surface area contributed by atoms with Crippen LogP contribution in [0.15, 0.2) is 24.3 Å². The molecule has 1 aromatic carbocycles. The molecule has 0 saturated carbocycles. The fourth-order valence-electron chi connectivity index (χ4n) is 2.21. The number of carbonyl (C=O) groups is 3. The number of rotatable bonds is 9. The van der Waals surface area contributed by atoms with Crippen LogP contribution in [0.5, 0.6) is 0 Å². The lowest BCUT2D eigenvalue weighted by Gasteiger charge is -2.13. The Labute approximate surface area is 142 Å². The van der Waals surface area contributed by atoms with Gasteiger partial charge in [-0.15, -0.1) is 0 Å². The topological polar surface area (TPSA) is 95.5 Å². The Bertz CT molecular complexity index is 567. The second-order valence-electron chi connectivity index (χ2n) is 6.22. The largest absolute Gasteiger partial charge is 0.480 e. The van der Waals surface area contributed by atoms with E-state index in [4.69, 9.17) is 5.11 Å². The number of carboxylic acid groups (broad SMARTS) is 1. The molecule has 0 heterocycles. The SMILES string of the molecule is CCCC(NC(=O)c1ccc(CNC(=O)CC(C)C)cc1)C(=O)O. The molecular weight excluding hydrogens is 308 g/mol. The Morgan fingerprint density at radius 2 is 1.75 bits per heavy atom. The van der Waals surface area contributed by atoms with Crippen LogP contribution < -0.4 is 10.6 Å². The second-order valence-corrected chi connectivity index (χ2v) is 6.22. The van der Waals surface area contributed by atoms with Crippen molar-refractivity contribution in [2.75, 3.05) is 0 Å². The summed E-state index contributed by atoms with van der Waals surface area (Å²) >= 11 is 0. The van der Waals surface area contributed by atoms with E-state index < -0.39 is 17.9 Å². The summed E-state index contributed by atoms with van der Waals surface area (Å²) in [5.74, 6) is -1.14. The zero-order chi connectivity index (χ0) is 18.1. The third-order valence-corrected chi connectivity index (χ3v) is 3.48. The van der Waals surface area contributed by atoms with Gasteiger partial charge in [0.2, 0.25) is 5.91 Å². The molecule has 0 radical (unpaired) electrons. The molecule has 6 nitrogen and oxygen atoms in total. The van der Waals surface area contributed by atoms with Crippen LogP contribution in [0.2, 0.25) is 0 Å². The molecule has 0 aliphatic rings. The van der Waals surface area contributed by atoms with Gasteiger partial charge in [-0.2, -0.15) is 0 Å². The molecule has 3 N–H and O–H groups in total. The molecule has 0 aromatic heterocycles. The van der Waals surface area contributed by atoms with Gasteiger partial charge in [0.25, 0.3) is 5.91 Å². The highest BCUT2D eigenvalue weighted by Gasteiger charge is 2.19. The van der Waals surface area contributed by atoms with Crippen molar-refractivity contribution in [3.8, 4) is 0 Å². The molecule has 1 atom stereocenters. The summed E-state index contributed by atoms with van der Waals surface area (Å²) in [5, 5.41) is 14.4. The fourth-order valence-corrected chi connectivity index (χ4v) is 2.21. The molecule has 0 aliphatic heterocycles. The zero-order valence-electron chi connectivity index (χ0n) is 14.5. The van der Waals surface area contributed by atoms with Crippen molar-refractivity contribution in [2.45, 2.75) is 52.6 Å². The molecule has 0 aliphatic carbocycles. The van der Waals surface area contributed by atoms with Gasteiger partial charge in [-0.25, -0.2) is 4.79 Å².